The van der Waals surface area contributed by atoms with Crippen molar-refractivity contribution in [2.75, 3.05) is 5.32 Å². The predicted octanol–water partition coefficient (Wildman–Crippen LogP) is 2.32. The van der Waals surface area contributed by atoms with E-state index in [-0.39, 0.29) is 23.9 Å². The van der Waals surface area contributed by atoms with Gasteiger partial charge in [-0.2, -0.15) is 0 Å². The van der Waals surface area contributed by atoms with Crippen LogP contribution < -0.4 is 16.4 Å². The Morgan fingerprint density at radius 2 is 1.71 bits per heavy atom. The highest BCUT2D eigenvalue weighted by atomic mass is 16.2. The van der Waals surface area contributed by atoms with Gasteiger partial charge >= 0.3 is 0 Å². The van der Waals surface area contributed by atoms with E-state index >= 15 is 0 Å². The first kappa shape index (κ1) is 17.6. The molecule has 0 aliphatic heterocycles. The van der Waals surface area contributed by atoms with Gasteiger partial charge in [-0.15, -0.1) is 0 Å². The maximum Gasteiger partial charge on any atom is 0.255 e. The molecule has 0 bridgehead atoms. The van der Waals surface area contributed by atoms with Gasteiger partial charge in [0.25, 0.3) is 11.8 Å². The number of nitrogens with two attached hydrogens (primary N) is 1. The lowest BCUT2D eigenvalue weighted by atomic mass is 10.1. The SMILES string of the molecule is CC(C)(C)NC(=O)c1ccc(NC(=O)c2ccnc(CN)c2)cc1. The average Bonchev–Trinajstić information content (AvgIpc) is 2.54. The van der Waals surface area contributed by atoms with Crippen LogP contribution >= 0.6 is 0 Å². The minimum Gasteiger partial charge on any atom is -0.347 e. The van der Waals surface area contributed by atoms with Crippen molar-refractivity contribution in [3.8, 4) is 0 Å². The van der Waals surface area contributed by atoms with E-state index in [1.807, 2.05) is 20.8 Å². The van der Waals surface area contributed by atoms with Gasteiger partial charge in [0.2, 0.25) is 0 Å². The first-order valence-electron chi connectivity index (χ1n) is 7.67. The number of nitrogens with zero attached hydrogens (tertiary/aromatic N) is 1. The Hall–Kier alpha value is -2.73. The summed E-state index contributed by atoms with van der Waals surface area (Å²) < 4.78 is 0. The van der Waals surface area contributed by atoms with E-state index in [9.17, 15) is 9.59 Å². The van der Waals surface area contributed by atoms with Gasteiger partial charge in [0.15, 0.2) is 0 Å². The number of nitrogens with one attached hydrogen (secondary N) is 2. The number of pyridine rings is 1. The monoisotopic (exact) mass is 326 g/mol. The summed E-state index contributed by atoms with van der Waals surface area (Å²) in [6.45, 7) is 6.04. The molecule has 1 aromatic heterocycles. The van der Waals surface area contributed by atoms with Crippen LogP contribution in [-0.2, 0) is 6.54 Å². The number of carbonyl (C=O) groups is 2. The molecular formula is C18H22N4O2. The number of anilines is 1. The highest BCUT2D eigenvalue weighted by Gasteiger charge is 2.15. The van der Waals surface area contributed by atoms with Gasteiger partial charge in [0.05, 0.1) is 5.69 Å². The predicted molar refractivity (Wildman–Crippen MR) is 93.7 cm³/mol. The van der Waals surface area contributed by atoms with Crippen molar-refractivity contribution in [1.29, 1.82) is 0 Å². The topological polar surface area (TPSA) is 97.1 Å². The molecule has 126 valence electrons. The number of rotatable bonds is 4. The fourth-order valence-corrected chi connectivity index (χ4v) is 2.05. The summed E-state index contributed by atoms with van der Waals surface area (Å²) in [6.07, 6.45) is 1.55. The fourth-order valence-electron chi connectivity index (χ4n) is 2.05. The van der Waals surface area contributed by atoms with Crippen molar-refractivity contribution in [3.05, 3.63) is 59.4 Å². The Bertz CT molecular complexity index is 733. The highest BCUT2D eigenvalue weighted by molar-refractivity contribution is 6.04. The van der Waals surface area contributed by atoms with E-state index in [2.05, 4.69) is 15.6 Å². The van der Waals surface area contributed by atoms with Gasteiger partial charge in [0, 0.05) is 35.1 Å². The van der Waals surface area contributed by atoms with Crippen LogP contribution in [-0.4, -0.2) is 22.3 Å². The van der Waals surface area contributed by atoms with E-state index in [0.29, 0.717) is 22.5 Å². The molecule has 6 heteroatoms. The molecule has 2 amide bonds. The molecule has 0 radical (unpaired) electrons. The first-order valence-corrected chi connectivity index (χ1v) is 7.67. The van der Waals surface area contributed by atoms with Gasteiger partial charge in [-0.05, 0) is 57.2 Å². The van der Waals surface area contributed by atoms with Crippen LogP contribution in [0.25, 0.3) is 0 Å². The standard InChI is InChI=1S/C18H22N4O2/c1-18(2,3)22-17(24)12-4-6-14(7-5-12)21-16(23)13-8-9-20-15(10-13)11-19/h4-10H,11,19H2,1-3H3,(H,21,23)(H,22,24). The number of amides is 2. The lowest BCUT2D eigenvalue weighted by Gasteiger charge is -2.20. The van der Waals surface area contributed by atoms with Crippen molar-refractivity contribution >= 4 is 17.5 Å². The largest absolute Gasteiger partial charge is 0.347 e. The quantitative estimate of drug-likeness (QED) is 0.803. The van der Waals surface area contributed by atoms with Crippen molar-refractivity contribution < 1.29 is 9.59 Å². The van der Waals surface area contributed by atoms with Gasteiger partial charge in [-0.3, -0.25) is 14.6 Å². The number of aromatic nitrogens is 1. The molecule has 2 aromatic rings. The second-order valence-corrected chi connectivity index (χ2v) is 6.48. The molecule has 0 spiro atoms. The second kappa shape index (κ2) is 7.23. The van der Waals surface area contributed by atoms with E-state index < -0.39 is 0 Å². The van der Waals surface area contributed by atoms with Crippen LogP contribution in [0, 0.1) is 0 Å². The summed E-state index contributed by atoms with van der Waals surface area (Å²) in [6, 6.07) is 10.0. The number of hydrogen-bond acceptors (Lipinski definition) is 4. The molecule has 0 unspecified atom stereocenters. The van der Waals surface area contributed by atoms with Crippen LogP contribution in [0.15, 0.2) is 42.6 Å². The molecule has 0 atom stereocenters. The van der Waals surface area contributed by atoms with Crippen LogP contribution in [0.5, 0.6) is 0 Å². The molecule has 0 aliphatic rings. The zero-order valence-electron chi connectivity index (χ0n) is 14.1. The molecule has 0 saturated carbocycles. The molecule has 2 rings (SSSR count). The second-order valence-electron chi connectivity index (χ2n) is 6.48. The molecule has 0 fully saturated rings. The molecule has 4 N–H and O–H groups in total. The van der Waals surface area contributed by atoms with Gasteiger partial charge in [-0.25, -0.2) is 0 Å². The van der Waals surface area contributed by atoms with Crippen LogP contribution in [0.1, 0.15) is 47.2 Å². The van der Waals surface area contributed by atoms with Gasteiger partial charge in [-0.1, -0.05) is 0 Å². The highest BCUT2D eigenvalue weighted by Crippen LogP contribution is 2.13. The minimum atomic E-state index is -0.300. The molecule has 1 aromatic carbocycles. The van der Waals surface area contributed by atoms with Gasteiger partial charge < -0.3 is 16.4 Å². The van der Waals surface area contributed by atoms with E-state index in [0.717, 1.165) is 0 Å². The zero-order chi connectivity index (χ0) is 17.7. The lowest BCUT2D eigenvalue weighted by molar-refractivity contribution is 0.0919. The molecule has 24 heavy (non-hydrogen) atoms. The first-order chi connectivity index (χ1) is 11.3. The Morgan fingerprint density at radius 3 is 2.29 bits per heavy atom. The van der Waals surface area contributed by atoms with Crippen molar-refractivity contribution in [2.24, 2.45) is 5.73 Å². The molecule has 1 heterocycles. The Kier molecular flexibility index (Phi) is 5.31. The van der Waals surface area contributed by atoms with Crippen molar-refractivity contribution in [1.82, 2.24) is 10.3 Å². The van der Waals surface area contributed by atoms with Crippen LogP contribution in [0.3, 0.4) is 0 Å². The molecule has 0 saturated heterocycles. The average molecular weight is 326 g/mol. The Labute approximate surface area is 141 Å². The third kappa shape index (κ3) is 4.89. The molecule has 6 nitrogen and oxygen atoms in total. The van der Waals surface area contributed by atoms with E-state index in [1.54, 1.807) is 42.6 Å². The number of carbonyl (C=O) groups excluding carboxylic acids is 2. The summed E-state index contributed by atoms with van der Waals surface area (Å²) in [5.74, 6) is -0.402. The summed E-state index contributed by atoms with van der Waals surface area (Å²) in [5.41, 5.74) is 7.51. The smallest absolute Gasteiger partial charge is 0.255 e. The third-order valence-electron chi connectivity index (χ3n) is 3.18. The number of hydrogen-bond donors (Lipinski definition) is 3. The maximum absolute atomic E-state index is 12.2. The summed E-state index contributed by atoms with van der Waals surface area (Å²) in [4.78, 5) is 28.4. The van der Waals surface area contributed by atoms with Crippen LogP contribution in [0.2, 0.25) is 0 Å². The molecular weight excluding hydrogens is 304 g/mol. The Balaban J connectivity index is 2.05. The summed E-state index contributed by atoms with van der Waals surface area (Å²) in [5, 5.41) is 5.67. The zero-order valence-corrected chi connectivity index (χ0v) is 14.1. The maximum atomic E-state index is 12.2. The number of benzene rings is 1. The fraction of sp³-hybridized carbons (Fsp3) is 0.278. The van der Waals surface area contributed by atoms with E-state index in [4.69, 9.17) is 5.73 Å². The lowest BCUT2D eigenvalue weighted by Crippen LogP contribution is -2.40. The van der Waals surface area contributed by atoms with Crippen molar-refractivity contribution in [3.63, 3.8) is 0 Å². The van der Waals surface area contributed by atoms with Gasteiger partial charge in [0.1, 0.15) is 0 Å². The minimum absolute atomic E-state index is 0.151. The normalized spacial score (nSPS) is 11.0. The third-order valence-corrected chi connectivity index (χ3v) is 3.18. The molecule has 0 aliphatic carbocycles. The Morgan fingerprint density at radius 1 is 1.04 bits per heavy atom. The summed E-state index contributed by atoms with van der Waals surface area (Å²) in [7, 11) is 0. The van der Waals surface area contributed by atoms with Crippen molar-refractivity contribution in [2.45, 2.75) is 32.9 Å². The van der Waals surface area contributed by atoms with Crippen LogP contribution in [0.4, 0.5) is 5.69 Å². The van der Waals surface area contributed by atoms with E-state index in [1.165, 1.54) is 0 Å². The summed E-state index contributed by atoms with van der Waals surface area (Å²) >= 11 is 0.